The highest BCUT2D eigenvalue weighted by Gasteiger charge is 2.16. The molecule has 0 atom stereocenters. The number of benzene rings is 1. The quantitative estimate of drug-likeness (QED) is 0.594. The molecule has 0 unspecified atom stereocenters. The molecule has 3 aromatic rings. The van der Waals surface area contributed by atoms with Crippen LogP contribution in [0.5, 0.6) is 5.75 Å². The summed E-state index contributed by atoms with van der Waals surface area (Å²) in [4.78, 5) is 23.7. The number of anilines is 2. The van der Waals surface area contributed by atoms with Crippen LogP contribution in [-0.4, -0.2) is 49.2 Å². The van der Waals surface area contributed by atoms with Crippen molar-refractivity contribution < 1.29 is 13.9 Å². The van der Waals surface area contributed by atoms with Gasteiger partial charge in [0.25, 0.3) is 5.91 Å². The Balaban J connectivity index is 1.33. The summed E-state index contributed by atoms with van der Waals surface area (Å²) < 4.78 is 10.9. The lowest BCUT2D eigenvalue weighted by Crippen LogP contribution is -2.29. The number of para-hydroxylation sites is 1. The van der Waals surface area contributed by atoms with Crippen molar-refractivity contribution in [3.63, 3.8) is 0 Å². The third kappa shape index (κ3) is 4.26. The number of methoxy groups -OCH3 is 1. The monoisotopic (exact) mass is 395 g/mol. The largest absolute Gasteiger partial charge is 0.493 e. The molecule has 0 aliphatic carbocycles. The Bertz CT molecular complexity index is 1010. The molecule has 2 N–H and O–H groups in total. The van der Waals surface area contributed by atoms with Gasteiger partial charge in [-0.1, -0.05) is 12.1 Å². The summed E-state index contributed by atoms with van der Waals surface area (Å²) in [5.74, 6) is 2.13. The second-order valence-corrected chi connectivity index (χ2v) is 7.06. The van der Waals surface area contributed by atoms with E-state index in [4.69, 9.17) is 9.15 Å². The Hall–Kier alpha value is -3.29. The summed E-state index contributed by atoms with van der Waals surface area (Å²) in [5.41, 5.74) is 1.49. The Morgan fingerprint density at radius 3 is 2.83 bits per heavy atom. The van der Waals surface area contributed by atoms with Gasteiger partial charge in [-0.2, -0.15) is 4.98 Å². The molecular weight excluding hydrogens is 370 g/mol. The zero-order valence-corrected chi connectivity index (χ0v) is 16.7. The smallest absolute Gasteiger partial charge is 0.287 e. The van der Waals surface area contributed by atoms with E-state index in [9.17, 15) is 4.79 Å². The van der Waals surface area contributed by atoms with Crippen molar-refractivity contribution >= 4 is 28.6 Å². The van der Waals surface area contributed by atoms with Gasteiger partial charge in [-0.3, -0.25) is 4.79 Å². The van der Waals surface area contributed by atoms with Crippen molar-refractivity contribution in [3.8, 4) is 5.75 Å². The van der Waals surface area contributed by atoms with Gasteiger partial charge in [-0.25, -0.2) is 4.98 Å². The molecule has 1 saturated heterocycles. The minimum atomic E-state index is -0.270. The molecule has 8 nitrogen and oxygen atoms in total. The zero-order chi connectivity index (χ0) is 20.2. The normalized spacial score (nSPS) is 13.7. The fraction of sp³-hybridized carbons (Fsp3) is 0.381. The summed E-state index contributed by atoms with van der Waals surface area (Å²) in [6.45, 7) is 4.97. The predicted octanol–water partition coefficient (Wildman–Crippen LogP) is 2.98. The van der Waals surface area contributed by atoms with E-state index in [-0.39, 0.29) is 11.7 Å². The molecule has 1 fully saturated rings. The number of carbonyl (C=O) groups is 1. The molecule has 1 aliphatic rings. The third-order valence-electron chi connectivity index (χ3n) is 4.92. The number of furan rings is 1. The number of aromatic nitrogens is 2. The molecule has 2 aromatic heterocycles. The minimum absolute atomic E-state index is 0.257. The van der Waals surface area contributed by atoms with Gasteiger partial charge in [0.1, 0.15) is 5.82 Å². The Morgan fingerprint density at radius 1 is 1.21 bits per heavy atom. The van der Waals surface area contributed by atoms with E-state index in [1.165, 1.54) is 12.8 Å². The highest BCUT2D eigenvalue weighted by Crippen LogP contribution is 2.28. The molecule has 29 heavy (non-hydrogen) atoms. The maximum atomic E-state index is 12.4. The summed E-state index contributed by atoms with van der Waals surface area (Å²) >= 11 is 0. The predicted molar refractivity (Wildman–Crippen MR) is 112 cm³/mol. The van der Waals surface area contributed by atoms with Crippen molar-refractivity contribution in [2.75, 3.05) is 43.5 Å². The van der Waals surface area contributed by atoms with E-state index in [1.807, 2.05) is 25.1 Å². The first-order valence-electron chi connectivity index (χ1n) is 9.83. The number of nitrogens with one attached hydrogen (secondary N) is 2. The van der Waals surface area contributed by atoms with E-state index in [1.54, 1.807) is 19.2 Å². The van der Waals surface area contributed by atoms with E-state index in [0.29, 0.717) is 30.4 Å². The first-order chi connectivity index (χ1) is 14.1. The molecular formula is C21H25N5O3. The van der Waals surface area contributed by atoms with Gasteiger partial charge in [0.05, 0.1) is 7.11 Å². The van der Waals surface area contributed by atoms with Gasteiger partial charge in [-0.15, -0.1) is 0 Å². The van der Waals surface area contributed by atoms with E-state index >= 15 is 0 Å². The first-order valence-corrected chi connectivity index (χ1v) is 9.83. The van der Waals surface area contributed by atoms with Gasteiger partial charge in [0, 0.05) is 43.3 Å². The molecule has 1 aliphatic heterocycles. The molecule has 1 aromatic carbocycles. The number of aryl methyl sites for hydroxylation is 1. The van der Waals surface area contributed by atoms with Crippen LogP contribution in [0.3, 0.4) is 0 Å². The van der Waals surface area contributed by atoms with E-state index < -0.39 is 0 Å². The number of carbonyl (C=O) groups excluding carboxylic acids is 1. The molecule has 0 saturated carbocycles. The van der Waals surface area contributed by atoms with Crippen molar-refractivity contribution in [1.29, 1.82) is 0 Å². The Kier molecular flexibility index (Phi) is 5.50. The maximum absolute atomic E-state index is 12.4. The number of hydrogen-bond acceptors (Lipinski definition) is 7. The lowest BCUT2D eigenvalue weighted by Gasteiger charge is -2.17. The lowest BCUT2D eigenvalue weighted by atomic mass is 10.2. The summed E-state index contributed by atoms with van der Waals surface area (Å²) in [5, 5.41) is 6.87. The summed E-state index contributed by atoms with van der Waals surface area (Å²) in [6.07, 6.45) is 2.40. The summed E-state index contributed by atoms with van der Waals surface area (Å²) in [6, 6.07) is 9.27. The van der Waals surface area contributed by atoms with Crippen LogP contribution < -0.4 is 20.3 Å². The molecule has 0 bridgehead atoms. The topological polar surface area (TPSA) is 92.5 Å². The van der Waals surface area contributed by atoms with Crippen molar-refractivity contribution in [2.24, 2.45) is 0 Å². The number of nitrogens with zero attached hydrogens (tertiary/aromatic N) is 3. The average Bonchev–Trinajstić information content (AvgIpc) is 3.40. The first kappa shape index (κ1) is 19.0. The van der Waals surface area contributed by atoms with Crippen molar-refractivity contribution in [2.45, 2.75) is 19.8 Å². The standard InChI is InChI=1S/C21H25N5O3/c1-14-12-18(26-10-3-4-11-26)25-21(24-14)23-9-8-22-20(27)17-13-15-6-5-7-16(28-2)19(15)29-17/h5-7,12-13H,3-4,8-11H2,1-2H3,(H,22,27)(H,23,24,25). The lowest BCUT2D eigenvalue weighted by molar-refractivity contribution is 0.0929. The molecule has 0 radical (unpaired) electrons. The minimum Gasteiger partial charge on any atom is -0.493 e. The molecule has 0 spiro atoms. The maximum Gasteiger partial charge on any atom is 0.287 e. The molecule has 152 valence electrons. The van der Waals surface area contributed by atoms with Crippen LogP contribution in [0.15, 0.2) is 34.7 Å². The molecule has 8 heteroatoms. The molecule has 1 amide bonds. The number of ether oxygens (including phenoxy) is 1. The van der Waals surface area contributed by atoms with Crippen LogP contribution in [0.25, 0.3) is 11.0 Å². The highest BCUT2D eigenvalue weighted by atomic mass is 16.5. The Labute approximate surface area is 169 Å². The zero-order valence-electron chi connectivity index (χ0n) is 16.7. The van der Waals surface area contributed by atoms with Gasteiger partial charge in [0.2, 0.25) is 5.95 Å². The van der Waals surface area contributed by atoms with Gasteiger partial charge in [-0.05, 0) is 31.9 Å². The highest BCUT2D eigenvalue weighted by molar-refractivity contribution is 5.97. The Morgan fingerprint density at radius 2 is 2.03 bits per heavy atom. The van der Waals surface area contributed by atoms with Crippen LogP contribution >= 0.6 is 0 Å². The van der Waals surface area contributed by atoms with Crippen molar-refractivity contribution in [3.05, 3.63) is 41.8 Å². The molecule has 3 heterocycles. The third-order valence-corrected chi connectivity index (χ3v) is 4.92. The van der Waals surface area contributed by atoms with Crippen LogP contribution in [0.4, 0.5) is 11.8 Å². The van der Waals surface area contributed by atoms with Gasteiger partial charge in [0.15, 0.2) is 17.1 Å². The number of amides is 1. The van der Waals surface area contributed by atoms with E-state index in [0.717, 1.165) is 30.0 Å². The average molecular weight is 395 g/mol. The van der Waals surface area contributed by atoms with Crippen LogP contribution in [0.2, 0.25) is 0 Å². The van der Waals surface area contributed by atoms with E-state index in [2.05, 4.69) is 25.5 Å². The van der Waals surface area contributed by atoms with Crippen LogP contribution in [0.1, 0.15) is 29.1 Å². The number of rotatable bonds is 7. The van der Waals surface area contributed by atoms with Crippen LogP contribution in [0, 0.1) is 6.92 Å². The SMILES string of the molecule is COc1cccc2cc(C(=O)NCCNc3nc(C)cc(N4CCCC4)n3)oc12. The van der Waals surface area contributed by atoms with Gasteiger partial charge < -0.3 is 24.7 Å². The fourth-order valence-corrected chi connectivity index (χ4v) is 3.49. The van der Waals surface area contributed by atoms with Crippen molar-refractivity contribution in [1.82, 2.24) is 15.3 Å². The molecule has 4 rings (SSSR count). The second-order valence-electron chi connectivity index (χ2n) is 7.06. The number of hydrogen-bond donors (Lipinski definition) is 2. The van der Waals surface area contributed by atoms with Crippen LogP contribution in [-0.2, 0) is 0 Å². The van der Waals surface area contributed by atoms with Gasteiger partial charge >= 0.3 is 0 Å². The summed E-state index contributed by atoms with van der Waals surface area (Å²) in [7, 11) is 1.57. The second kappa shape index (κ2) is 8.38. The fourth-order valence-electron chi connectivity index (χ4n) is 3.49. The number of fused-ring (bicyclic) bond motifs is 1.